The predicted octanol–water partition coefficient (Wildman–Crippen LogP) is 6.99. The van der Waals surface area contributed by atoms with Crippen LogP contribution in [0.1, 0.15) is 65.2 Å². The average Bonchev–Trinajstić information content (AvgIpc) is 2.49. The van der Waals surface area contributed by atoms with Gasteiger partial charge in [-0.2, -0.15) is 13.2 Å². The van der Waals surface area contributed by atoms with Crippen molar-refractivity contribution in [3.05, 3.63) is 36.0 Å². The fraction of sp³-hybridized carbons (Fsp3) is 0.684. The number of hydrogen-bond donors (Lipinski definition) is 0. The molecule has 22 heavy (non-hydrogen) atoms. The molecule has 0 amide bonds. The summed E-state index contributed by atoms with van der Waals surface area (Å²) in [6, 6.07) is 0. The molecule has 0 spiro atoms. The first kappa shape index (κ1) is 19.1. The van der Waals surface area contributed by atoms with Crippen LogP contribution in [0, 0.1) is 11.8 Å². The Labute approximate surface area is 133 Å². The maximum absolute atomic E-state index is 12.7. The zero-order valence-electron chi connectivity index (χ0n) is 13.8. The van der Waals surface area contributed by atoms with Gasteiger partial charge in [-0.3, -0.25) is 0 Å². The molecule has 0 aromatic heterocycles. The van der Waals surface area contributed by atoms with Gasteiger partial charge in [0, 0.05) is 0 Å². The van der Waals surface area contributed by atoms with Crippen LogP contribution in [-0.2, 0) is 0 Å². The lowest BCUT2D eigenvalue weighted by Crippen LogP contribution is -2.21. The lowest BCUT2D eigenvalue weighted by Gasteiger charge is -2.19. The van der Waals surface area contributed by atoms with Gasteiger partial charge >= 0.3 is 6.18 Å². The molecule has 2 unspecified atom stereocenters. The summed E-state index contributed by atoms with van der Waals surface area (Å²) < 4.78 is 38.1. The molecular formula is C19H29F3. The van der Waals surface area contributed by atoms with Crippen molar-refractivity contribution in [3.63, 3.8) is 0 Å². The van der Waals surface area contributed by atoms with Crippen LogP contribution in [0.4, 0.5) is 13.2 Å². The van der Waals surface area contributed by atoms with E-state index in [4.69, 9.17) is 0 Å². The van der Waals surface area contributed by atoms with Gasteiger partial charge in [-0.1, -0.05) is 62.6 Å². The summed E-state index contributed by atoms with van der Waals surface area (Å²) in [5.41, 5.74) is 0.833. The summed E-state index contributed by atoms with van der Waals surface area (Å²) in [6.45, 7) is 4.41. The minimum Gasteiger partial charge on any atom is -0.170 e. The third-order valence-corrected chi connectivity index (χ3v) is 4.25. The van der Waals surface area contributed by atoms with E-state index in [1.54, 1.807) is 6.08 Å². The Morgan fingerprint density at radius 1 is 1.27 bits per heavy atom. The van der Waals surface area contributed by atoms with E-state index in [0.717, 1.165) is 31.3 Å². The lowest BCUT2D eigenvalue weighted by atomic mass is 9.93. The molecule has 126 valence electrons. The molecule has 0 aliphatic heterocycles. The van der Waals surface area contributed by atoms with Crippen LogP contribution >= 0.6 is 0 Å². The van der Waals surface area contributed by atoms with Crippen molar-refractivity contribution in [2.24, 2.45) is 11.8 Å². The standard InChI is InChI=1S/C19H29F3/c1-3-5-10-16(4-2)11-7-6-8-12-17-13-9-14-18(15-17)19(20,21)22/h7,9,11,13,15-16,18H,3-6,8,10,12,14H2,1-2H3/b11-7+. The molecule has 1 rings (SSSR count). The summed E-state index contributed by atoms with van der Waals surface area (Å²) in [5.74, 6) is -0.634. The molecule has 0 radical (unpaired) electrons. The molecule has 0 aromatic carbocycles. The highest BCUT2D eigenvalue weighted by Crippen LogP contribution is 2.34. The highest BCUT2D eigenvalue weighted by molar-refractivity contribution is 5.24. The zero-order chi connectivity index (χ0) is 16.4. The first-order chi connectivity index (χ1) is 10.5. The topological polar surface area (TPSA) is 0 Å². The first-order valence-corrected chi connectivity index (χ1v) is 8.58. The smallest absolute Gasteiger partial charge is 0.170 e. The molecule has 0 aromatic rings. The second-order valence-electron chi connectivity index (χ2n) is 6.16. The van der Waals surface area contributed by atoms with E-state index >= 15 is 0 Å². The highest BCUT2D eigenvalue weighted by atomic mass is 19.4. The summed E-state index contributed by atoms with van der Waals surface area (Å²) in [5, 5.41) is 0. The van der Waals surface area contributed by atoms with Crippen molar-refractivity contribution >= 4 is 0 Å². The fourth-order valence-corrected chi connectivity index (χ4v) is 2.76. The molecule has 0 heterocycles. The number of unbranched alkanes of at least 4 members (excludes halogenated alkanes) is 2. The third kappa shape index (κ3) is 7.33. The van der Waals surface area contributed by atoms with Gasteiger partial charge in [0.2, 0.25) is 0 Å². The van der Waals surface area contributed by atoms with E-state index in [0.29, 0.717) is 5.92 Å². The number of hydrogen-bond acceptors (Lipinski definition) is 0. The Balaban J connectivity index is 2.31. The molecule has 0 N–H and O–H groups in total. The van der Waals surface area contributed by atoms with Crippen LogP contribution in [-0.4, -0.2) is 6.18 Å². The van der Waals surface area contributed by atoms with E-state index in [2.05, 4.69) is 26.0 Å². The van der Waals surface area contributed by atoms with Gasteiger partial charge in [-0.15, -0.1) is 0 Å². The maximum Gasteiger partial charge on any atom is 0.395 e. The summed E-state index contributed by atoms with van der Waals surface area (Å²) in [6.07, 6.45) is 12.9. The van der Waals surface area contributed by atoms with Gasteiger partial charge in [0.15, 0.2) is 0 Å². The molecular weight excluding hydrogens is 285 g/mol. The van der Waals surface area contributed by atoms with Gasteiger partial charge < -0.3 is 0 Å². The molecule has 3 heteroatoms. The highest BCUT2D eigenvalue weighted by Gasteiger charge is 2.37. The molecule has 0 nitrogen and oxygen atoms in total. The number of alkyl halides is 3. The molecule has 1 aliphatic rings. The first-order valence-electron chi connectivity index (χ1n) is 8.58. The third-order valence-electron chi connectivity index (χ3n) is 4.25. The van der Waals surface area contributed by atoms with E-state index in [9.17, 15) is 13.2 Å². The predicted molar refractivity (Wildman–Crippen MR) is 87.7 cm³/mol. The summed E-state index contributed by atoms with van der Waals surface area (Å²) >= 11 is 0. The normalized spacial score (nSPS) is 20.4. The van der Waals surface area contributed by atoms with Crippen molar-refractivity contribution in [1.29, 1.82) is 0 Å². The Morgan fingerprint density at radius 3 is 2.68 bits per heavy atom. The maximum atomic E-state index is 12.7. The molecule has 0 fully saturated rings. The summed E-state index contributed by atoms with van der Waals surface area (Å²) in [7, 11) is 0. The molecule has 1 aliphatic carbocycles. The van der Waals surface area contributed by atoms with E-state index in [1.165, 1.54) is 25.3 Å². The van der Waals surface area contributed by atoms with Crippen LogP contribution in [0.25, 0.3) is 0 Å². The largest absolute Gasteiger partial charge is 0.395 e. The van der Waals surface area contributed by atoms with Crippen LogP contribution in [0.2, 0.25) is 0 Å². The average molecular weight is 314 g/mol. The minimum atomic E-state index is -4.11. The van der Waals surface area contributed by atoms with Crippen molar-refractivity contribution in [2.45, 2.75) is 71.4 Å². The lowest BCUT2D eigenvalue weighted by molar-refractivity contribution is -0.160. The van der Waals surface area contributed by atoms with Gasteiger partial charge in [0.1, 0.15) is 0 Å². The Morgan fingerprint density at radius 2 is 2.05 bits per heavy atom. The number of allylic oxidation sites excluding steroid dienone is 6. The van der Waals surface area contributed by atoms with Crippen molar-refractivity contribution in [2.75, 3.05) is 0 Å². The molecule has 0 saturated carbocycles. The number of halogens is 3. The van der Waals surface area contributed by atoms with E-state index < -0.39 is 12.1 Å². The number of rotatable bonds is 9. The Bertz CT molecular complexity index is 388. The van der Waals surface area contributed by atoms with E-state index in [1.807, 2.05) is 6.08 Å². The molecule has 2 atom stereocenters. The van der Waals surface area contributed by atoms with Crippen LogP contribution in [0.15, 0.2) is 36.0 Å². The molecule has 0 bridgehead atoms. The minimum absolute atomic E-state index is 0.0858. The second kappa shape index (κ2) is 9.91. The van der Waals surface area contributed by atoms with Crippen molar-refractivity contribution < 1.29 is 13.2 Å². The van der Waals surface area contributed by atoms with E-state index in [-0.39, 0.29) is 6.42 Å². The monoisotopic (exact) mass is 314 g/mol. The quantitative estimate of drug-likeness (QED) is 0.317. The van der Waals surface area contributed by atoms with Crippen LogP contribution in [0.5, 0.6) is 0 Å². The van der Waals surface area contributed by atoms with Gasteiger partial charge in [-0.05, 0) is 44.4 Å². The van der Waals surface area contributed by atoms with Gasteiger partial charge in [0.25, 0.3) is 0 Å². The van der Waals surface area contributed by atoms with Gasteiger partial charge in [-0.25, -0.2) is 0 Å². The Hall–Kier alpha value is -0.990. The van der Waals surface area contributed by atoms with Crippen molar-refractivity contribution in [1.82, 2.24) is 0 Å². The molecule has 0 saturated heterocycles. The Kier molecular flexibility index (Phi) is 8.59. The van der Waals surface area contributed by atoms with Gasteiger partial charge in [0.05, 0.1) is 5.92 Å². The fourth-order valence-electron chi connectivity index (χ4n) is 2.76. The van der Waals surface area contributed by atoms with Crippen LogP contribution < -0.4 is 0 Å². The summed E-state index contributed by atoms with van der Waals surface area (Å²) in [4.78, 5) is 0. The zero-order valence-corrected chi connectivity index (χ0v) is 13.8. The van der Waals surface area contributed by atoms with Crippen molar-refractivity contribution in [3.8, 4) is 0 Å². The van der Waals surface area contributed by atoms with Crippen LogP contribution in [0.3, 0.4) is 0 Å². The SMILES string of the molecule is CCCCC(/C=C/CCCC1=CC(C(F)(F)F)CC=C1)CC. The second-order valence-corrected chi connectivity index (χ2v) is 6.16.